The number of hydrogen-bond donors (Lipinski definition) is 0. The number of benzene rings is 1. The molecule has 0 aliphatic carbocycles. The standard InChI is InChI=1S/C11H15O4P/c1-4-15-11(12)9-6-5-7-10(8-9)16(3,13)14-2/h5-8H,4H2,1-3H3. The predicted octanol–water partition coefficient (Wildman–Crippen LogP) is 2.04. The molecule has 0 aromatic heterocycles. The van der Waals surface area contributed by atoms with E-state index < -0.39 is 13.3 Å². The fourth-order valence-electron chi connectivity index (χ4n) is 1.21. The van der Waals surface area contributed by atoms with Gasteiger partial charge in [0.25, 0.3) is 0 Å². The lowest BCUT2D eigenvalue weighted by Gasteiger charge is -2.11. The summed E-state index contributed by atoms with van der Waals surface area (Å²) in [4.78, 5) is 11.5. The molecule has 0 saturated heterocycles. The minimum atomic E-state index is -2.82. The molecule has 0 N–H and O–H groups in total. The van der Waals surface area contributed by atoms with Crippen LogP contribution in [0.4, 0.5) is 0 Å². The molecule has 0 aliphatic heterocycles. The topological polar surface area (TPSA) is 52.6 Å². The lowest BCUT2D eigenvalue weighted by atomic mass is 10.2. The molecule has 88 valence electrons. The number of rotatable bonds is 4. The lowest BCUT2D eigenvalue weighted by Crippen LogP contribution is -2.11. The van der Waals surface area contributed by atoms with Crippen LogP contribution in [0, 0.1) is 0 Å². The Morgan fingerprint density at radius 3 is 2.69 bits per heavy atom. The molecule has 1 aromatic rings. The molecule has 1 unspecified atom stereocenters. The molecule has 1 aromatic carbocycles. The molecule has 5 heteroatoms. The van der Waals surface area contributed by atoms with E-state index in [2.05, 4.69) is 0 Å². The van der Waals surface area contributed by atoms with Crippen molar-refractivity contribution < 1.29 is 18.6 Å². The van der Waals surface area contributed by atoms with E-state index in [0.29, 0.717) is 17.5 Å². The molecular formula is C11H15O4P. The summed E-state index contributed by atoms with van der Waals surface area (Å²) in [6.07, 6.45) is 0. The number of carbonyl (C=O) groups is 1. The zero-order valence-electron chi connectivity index (χ0n) is 9.60. The molecule has 0 bridgehead atoms. The van der Waals surface area contributed by atoms with E-state index >= 15 is 0 Å². The average molecular weight is 242 g/mol. The van der Waals surface area contributed by atoms with Crippen LogP contribution < -0.4 is 5.30 Å². The molecule has 0 spiro atoms. The molecule has 0 saturated carbocycles. The first kappa shape index (κ1) is 12.9. The summed E-state index contributed by atoms with van der Waals surface area (Å²) in [5.74, 6) is -0.416. The normalized spacial score (nSPS) is 14.2. The first-order valence-electron chi connectivity index (χ1n) is 4.92. The van der Waals surface area contributed by atoms with Crippen molar-refractivity contribution in [2.45, 2.75) is 6.92 Å². The van der Waals surface area contributed by atoms with Crippen LogP contribution in [0.5, 0.6) is 0 Å². The minimum absolute atomic E-state index is 0.317. The Kier molecular flexibility index (Phi) is 4.27. The van der Waals surface area contributed by atoms with Gasteiger partial charge >= 0.3 is 5.97 Å². The first-order valence-corrected chi connectivity index (χ1v) is 6.99. The van der Waals surface area contributed by atoms with Crippen molar-refractivity contribution in [1.29, 1.82) is 0 Å². The maximum atomic E-state index is 11.9. The number of esters is 1. The van der Waals surface area contributed by atoms with Crippen molar-refractivity contribution in [1.82, 2.24) is 0 Å². The molecule has 16 heavy (non-hydrogen) atoms. The summed E-state index contributed by atoms with van der Waals surface area (Å²) < 4.78 is 21.7. The van der Waals surface area contributed by atoms with Crippen molar-refractivity contribution in [3.8, 4) is 0 Å². The van der Waals surface area contributed by atoms with Gasteiger partial charge in [-0.25, -0.2) is 4.79 Å². The highest BCUT2D eigenvalue weighted by Crippen LogP contribution is 2.39. The van der Waals surface area contributed by atoms with Gasteiger partial charge < -0.3 is 9.26 Å². The summed E-state index contributed by atoms with van der Waals surface area (Å²) in [5.41, 5.74) is 0.387. The molecule has 0 heterocycles. The van der Waals surface area contributed by atoms with E-state index in [1.54, 1.807) is 31.2 Å². The molecule has 0 aliphatic rings. The largest absolute Gasteiger partial charge is 0.462 e. The molecule has 0 fully saturated rings. The highest BCUT2D eigenvalue weighted by atomic mass is 31.2. The number of ether oxygens (including phenoxy) is 1. The van der Waals surface area contributed by atoms with E-state index in [1.807, 2.05) is 0 Å². The van der Waals surface area contributed by atoms with Crippen molar-refractivity contribution in [2.75, 3.05) is 20.4 Å². The second kappa shape index (κ2) is 5.28. The Bertz CT molecular complexity index is 428. The first-order chi connectivity index (χ1) is 7.51. The molecule has 0 radical (unpaired) electrons. The summed E-state index contributed by atoms with van der Waals surface area (Å²) in [6.45, 7) is 3.57. The van der Waals surface area contributed by atoms with Gasteiger partial charge in [-0.15, -0.1) is 0 Å². The van der Waals surface area contributed by atoms with Gasteiger partial charge in [0.2, 0.25) is 7.37 Å². The number of hydrogen-bond acceptors (Lipinski definition) is 4. The Labute approximate surface area is 95.0 Å². The van der Waals surface area contributed by atoms with Crippen LogP contribution in [0.3, 0.4) is 0 Å². The van der Waals surface area contributed by atoms with Gasteiger partial charge in [0.1, 0.15) is 0 Å². The zero-order chi connectivity index (χ0) is 12.2. The van der Waals surface area contributed by atoms with Gasteiger partial charge in [0.15, 0.2) is 0 Å². The molecule has 0 amide bonds. The Balaban J connectivity index is 3.05. The minimum Gasteiger partial charge on any atom is -0.462 e. The third-order valence-corrected chi connectivity index (χ3v) is 4.09. The second-order valence-corrected chi connectivity index (χ2v) is 5.87. The fraction of sp³-hybridized carbons (Fsp3) is 0.364. The zero-order valence-corrected chi connectivity index (χ0v) is 10.5. The maximum absolute atomic E-state index is 11.9. The van der Waals surface area contributed by atoms with E-state index in [0.717, 1.165) is 0 Å². The van der Waals surface area contributed by atoms with Gasteiger partial charge in [-0.1, -0.05) is 6.07 Å². The van der Waals surface area contributed by atoms with Crippen LogP contribution in [0.15, 0.2) is 24.3 Å². The Morgan fingerprint density at radius 2 is 2.12 bits per heavy atom. The summed E-state index contributed by atoms with van der Waals surface area (Å²) in [5, 5.41) is 0.514. The van der Waals surface area contributed by atoms with Crippen LogP contribution >= 0.6 is 7.37 Å². The number of carbonyl (C=O) groups excluding carboxylic acids is 1. The van der Waals surface area contributed by atoms with Gasteiger partial charge in [-0.3, -0.25) is 4.57 Å². The predicted molar refractivity (Wildman–Crippen MR) is 62.6 cm³/mol. The smallest absolute Gasteiger partial charge is 0.338 e. The fourth-order valence-corrected chi connectivity index (χ4v) is 2.15. The van der Waals surface area contributed by atoms with Gasteiger partial charge in [-0.05, 0) is 25.1 Å². The van der Waals surface area contributed by atoms with E-state index in [1.165, 1.54) is 13.8 Å². The second-order valence-electron chi connectivity index (χ2n) is 3.30. The Morgan fingerprint density at radius 1 is 1.44 bits per heavy atom. The Hall–Kier alpha value is -1.12. The van der Waals surface area contributed by atoms with Crippen molar-refractivity contribution in [2.24, 2.45) is 0 Å². The molecule has 1 rings (SSSR count). The molecular weight excluding hydrogens is 227 g/mol. The van der Waals surface area contributed by atoms with Crippen LogP contribution in [-0.2, 0) is 13.8 Å². The van der Waals surface area contributed by atoms with E-state index in [9.17, 15) is 9.36 Å². The summed E-state index contributed by atoms with van der Waals surface area (Å²) in [7, 11) is -1.43. The van der Waals surface area contributed by atoms with Gasteiger partial charge in [0, 0.05) is 19.1 Å². The highest BCUT2D eigenvalue weighted by molar-refractivity contribution is 7.66. The van der Waals surface area contributed by atoms with Crippen LogP contribution in [-0.4, -0.2) is 26.4 Å². The van der Waals surface area contributed by atoms with Gasteiger partial charge in [-0.2, -0.15) is 0 Å². The SMILES string of the molecule is CCOC(=O)c1cccc(P(C)(=O)OC)c1. The van der Waals surface area contributed by atoms with Gasteiger partial charge in [0.05, 0.1) is 12.2 Å². The summed E-state index contributed by atoms with van der Waals surface area (Å²) >= 11 is 0. The third-order valence-electron chi connectivity index (χ3n) is 2.17. The van der Waals surface area contributed by atoms with Crippen LogP contribution in [0.25, 0.3) is 0 Å². The lowest BCUT2D eigenvalue weighted by molar-refractivity contribution is 0.0526. The van der Waals surface area contributed by atoms with Crippen LogP contribution in [0.1, 0.15) is 17.3 Å². The van der Waals surface area contributed by atoms with Crippen molar-refractivity contribution in [3.63, 3.8) is 0 Å². The maximum Gasteiger partial charge on any atom is 0.338 e. The van der Waals surface area contributed by atoms with Crippen molar-refractivity contribution >= 4 is 18.6 Å². The average Bonchev–Trinajstić information content (AvgIpc) is 2.29. The monoisotopic (exact) mass is 242 g/mol. The van der Waals surface area contributed by atoms with Crippen molar-refractivity contribution in [3.05, 3.63) is 29.8 Å². The van der Waals surface area contributed by atoms with E-state index in [-0.39, 0.29) is 0 Å². The quantitative estimate of drug-likeness (QED) is 0.599. The van der Waals surface area contributed by atoms with Crippen LogP contribution in [0.2, 0.25) is 0 Å². The highest BCUT2D eigenvalue weighted by Gasteiger charge is 2.18. The summed E-state index contributed by atoms with van der Waals surface area (Å²) in [6, 6.07) is 6.50. The molecule has 4 nitrogen and oxygen atoms in total. The van der Waals surface area contributed by atoms with E-state index in [4.69, 9.17) is 9.26 Å². The third kappa shape index (κ3) is 2.94. The molecule has 1 atom stereocenters.